The van der Waals surface area contributed by atoms with Gasteiger partial charge in [-0.05, 0) is 36.6 Å². The molecule has 26 heavy (non-hydrogen) atoms. The molecule has 1 heterocycles. The highest BCUT2D eigenvalue weighted by Crippen LogP contribution is 2.33. The number of halogens is 2. The summed E-state index contributed by atoms with van der Waals surface area (Å²) in [4.78, 5) is 4.81. The van der Waals surface area contributed by atoms with Gasteiger partial charge in [-0.2, -0.15) is 0 Å². The highest BCUT2D eigenvalue weighted by molar-refractivity contribution is 6.32. The summed E-state index contributed by atoms with van der Waals surface area (Å²) in [5.41, 5.74) is 1.38. The number of ether oxygens (including phenoxy) is 2. The van der Waals surface area contributed by atoms with Crippen molar-refractivity contribution in [3.63, 3.8) is 0 Å². The first-order chi connectivity index (χ1) is 11.9. The van der Waals surface area contributed by atoms with Gasteiger partial charge in [-0.3, -0.25) is 4.90 Å². The van der Waals surface area contributed by atoms with E-state index in [-0.39, 0.29) is 17.8 Å². The molecule has 0 spiro atoms. The molecule has 1 aliphatic rings. The maximum atomic E-state index is 6.37. The van der Waals surface area contributed by atoms with Gasteiger partial charge < -0.3 is 14.4 Å². The maximum absolute atomic E-state index is 6.37. The Labute approximate surface area is 170 Å². The summed E-state index contributed by atoms with van der Waals surface area (Å²) in [6.07, 6.45) is 1.07. The zero-order chi connectivity index (χ0) is 18.3. The van der Waals surface area contributed by atoms with Crippen LogP contribution in [0.4, 0.5) is 0 Å². The highest BCUT2D eigenvalue weighted by atomic mass is 35.5. The molecule has 0 N–H and O–H groups in total. The Morgan fingerprint density at radius 3 is 2.38 bits per heavy atom. The zero-order valence-electron chi connectivity index (χ0n) is 16.6. The molecule has 0 radical (unpaired) electrons. The molecule has 0 aromatic heterocycles. The molecule has 6 heteroatoms. The minimum atomic E-state index is 0. The third-order valence-electron chi connectivity index (χ3n) is 5.23. The van der Waals surface area contributed by atoms with Gasteiger partial charge in [0.15, 0.2) is 0 Å². The lowest BCUT2D eigenvalue weighted by Gasteiger charge is -2.32. The Morgan fingerprint density at radius 1 is 1.08 bits per heavy atom. The van der Waals surface area contributed by atoms with Crippen LogP contribution >= 0.6 is 24.0 Å². The molecule has 0 unspecified atom stereocenters. The predicted molar refractivity (Wildman–Crippen MR) is 112 cm³/mol. The molecule has 1 aromatic rings. The van der Waals surface area contributed by atoms with E-state index in [1.807, 2.05) is 12.1 Å². The topological polar surface area (TPSA) is 24.9 Å². The molecule has 1 aliphatic heterocycles. The molecule has 1 saturated heterocycles. The summed E-state index contributed by atoms with van der Waals surface area (Å²) >= 11 is 6.37. The second kappa shape index (κ2) is 11.4. The molecular weight excluding hydrogens is 371 g/mol. The number of piperazine rings is 1. The van der Waals surface area contributed by atoms with E-state index in [0.717, 1.165) is 51.5 Å². The number of likely N-dealkylation sites (N-methyl/N-ethyl adjacent to an activating group) is 1. The second-order valence-electron chi connectivity index (χ2n) is 7.49. The number of benzene rings is 1. The first kappa shape index (κ1) is 23.5. The number of hydrogen-bond donors (Lipinski definition) is 0. The van der Waals surface area contributed by atoms with Gasteiger partial charge in [0, 0.05) is 32.7 Å². The lowest BCUT2D eigenvalue weighted by atomic mass is 9.82. The molecular formula is C20H34Cl2N2O2. The maximum Gasteiger partial charge on any atom is 0.138 e. The van der Waals surface area contributed by atoms with Gasteiger partial charge in [-0.25, -0.2) is 0 Å². The van der Waals surface area contributed by atoms with Gasteiger partial charge in [0.2, 0.25) is 0 Å². The molecule has 1 fully saturated rings. The van der Waals surface area contributed by atoms with Crippen molar-refractivity contribution >= 4 is 24.0 Å². The van der Waals surface area contributed by atoms with Crippen LogP contribution in [0.15, 0.2) is 18.2 Å². The average molecular weight is 405 g/mol. The van der Waals surface area contributed by atoms with Gasteiger partial charge in [-0.1, -0.05) is 38.4 Å². The van der Waals surface area contributed by atoms with Gasteiger partial charge in [0.05, 0.1) is 18.2 Å². The van der Waals surface area contributed by atoms with Crippen LogP contribution in [-0.4, -0.2) is 69.4 Å². The lowest BCUT2D eigenvalue weighted by Crippen LogP contribution is -2.45. The summed E-state index contributed by atoms with van der Waals surface area (Å²) < 4.78 is 11.5. The van der Waals surface area contributed by atoms with Crippen molar-refractivity contribution in [3.05, 3.63) is 28.8 Å². The molecule has 0 aliphatic carbocycles. The molecule has 150 valence electrons. The van der Waals surface area contributed by atoms with E-state index < -0.39 is 0 Å². The summed E-state index contributed by atoms with van der Waals surface area (Å²) in [5, 5.41) is 0.677. The van der Waals surface area contributed by atoms with Crippen LogP contribution in [0.25, 0.3) is 0 Å². The van der Waals surface area contributed by atoms with E-state index in [1.54, 1.807) is 0 Å². The molecule has 1 aromatic carbocycles. The van der Waals surface area contributed by atoms with E-state index in [1.165, 1.54) is 5.56 Å². The van der Waals surface area contributed by atoms with E-state index in [4.69, 9.17) is 21.1 Å². The smallest absolute Gasteiger partial charge is 0.138 e. The van der Waals surface area contributed by atoms with Crippen molar-refractivity contribution in [2.75, 3.05) is 59.6 Å². The monoisotopic (exact) mass is 404 g/mol. The van der Waals surface area contributed by atoms with Gasteiger partial charge in [0.25, 0.3) is 0 Å². The van der Waals surface area contributed by atoms with Crippen LogP contribution in [-0.2, 0) is 10.2 Å². The fourth-order valence-corrected chi connectivity index (χ4v) is 3.06. The third-order valence-corrected chi connectivity index (χ3v) is 5.53. The summed E-state index contributed by atoms with van der Waals surface area (Å²) in [6, 6.07) is 6.10. The Kier molecular flexibility index (Phi) is 10.3. The summed E-state index contributed by atoms with van der Waals surface area (Å²) in [7, 11) is 2.17. The second-order valence-corrected chi connectivity index (χ2v) is 7.90. The van der Waals surface area contributed by atoms with Crippen LogP contribution in [0, 0.1) is 0 Å². The van der Waals surface area contributed by atoms with Crippen LogP contribution in [0.3, 0.4) is 0 Å². The molecule has 4 nitrogen and oxygen atoms in total. The quantitative estimate of drug-likeness (QED) is 0.578. The normalized spacial score (nSPS) is 16.3. The fraction of sp³-hybridized carbons (Fsp3) is 0.700. The van der Waals surface area contributed by atoms with E-state index in [2.05, 4.69) is 43.7 Å². The standard InChI is InChI=1S/C20H33ClN2O2.ClH/c1-5-20(2,3)17-6-7-19(18(21)16-17)25-15-14-24-13-12-23-10-8-22(4)9-11-23;/h6-7,16H,5,8-15H2,1-4H3;1H. The highest BCUT2D eigenvalue weighted by Gasteiger charge is 2.19. The van der Waals surface area contributed by atoms with Gasteiger partial charge >= 0.3 is 0 Å². The van der Waals surface area contributed by atoms with Crippen molar-refractivity contribution in [1.29, 1.82) is 0 Å². The number of nitrogens with zero attached hydrogens (tertiary/aromatic N) is 2. The van der Waals surface area contributed by atoms with E-state index >= 15 is 0 Å². The van der Waals surface area contributed by atoms with Crippen molar-refractivity contribution < 1.29 is 9.47 Å². The van der Waals surface area contributed by atoms with Gasteiger partial charge in [-0.15, -0.1) is 12.4 Å². The SMILES string of the molecule is CCC(C)(C)c1ccc(OCCOCCN2CCN(C)CC2)c(Cl)c1.Cl. The van der Waals surface area contributed by atoms with Crippen molar-refractivity contribution in [2.24, 2.45) is 0 Å². The van der Waals surface area contributed by atoms with Crippen LogP contribution in [0.2, 0.25) is 5.02 Å². The molecule has 0 saturated carbocycles. The minimum Gasteiger partial charge on any atom is -0.490 e. The first-order valence-corrected chi connectivity index (χ1v) is 9.71. The Bertz CT molecular complexity index is 533. The van der Waals surface area contributed by atoms with Crippen LogP contribution < -0.4 is 4.74 Å². The van der Waals surface area contributed by atoms with E-state index in [0.29, 0.717) is 18.2 Å². The predicted octanol–water partition coefficient (Wildman–Crippen LogP) is 4.09. The molecule has 0 atom stereocenters. The zero-order valence-corrected chi connectivity index (χ0v) is 18.2. The third kappa shape index (κ3) is 7.24. The number of hydrogen-bond acceptors (Lipinski definition) is 4. The van der Waals surface area contributed by atoms with Crippen molar-refractivity contribution in [1.82, 2.24) is 9.80 Å². The van der Waals surface area contributed by atoms with E-state index in [9.17, 15) is 0 Å². The van der Waals surface area contributed by atoms with Crippen LogP contribution in [0.5, 0.6) is 5.75 Å². The largest absolute Gasteiger partial charge is 0.490 e. The number of rotatable bonds is 9. The Balaban J connectivity index is 0.00000338. The van der Waals surface area contributed by atoms with Gasteiger partial charge in [0.1, 0.15) is 12.4 Å². The lowest BCUT2D eigenvalue weighted by molar-refractivity contribution is 0.0658. The first-order valence-electron chi connectivity index (χ1n) is 9.34. The Hall–Kier alpha value is -0.520. The van der Waals surface area contributed by atoms with Crippen molar-refractivity contribution in [3.8, 4) is 5.75 Å². The Morgan fingerprint density at radius 2 is 1.77 bits per heavy atom. The summed E-state index contributed by atoms with van der Waals surface area (Å²) in [5.74, 6) is 0.736. The summed E-state index contributed by atoms with van der Waals surface area (Å²) in [6.45, 7) is 14.1. The molecule has 0 amide bonds. The molecule has 0 bridgehead atoms. The minimum absolute atomic E-state index is 0. The average Bonchev–Trinajstić information content (AvgIpc) is 2.60. The molecule has 2 rings (SSSR count). The van der Waals surface area contributed by atoms with Crippen LogP contribution in [0.1, 0.15) is 32.8 Å². The van der Waals surface area contributed by atoms with Crippen molar-refractivity contribution in [2.45, 2.75) is 32.6 Å². The fourth-order valence-electron chi connectivity index (χ4n) is 2.82.